The third-order valence-electron chi connectivity index (χ3n) is 1.42. The van der Waals surface area contributed by atoms with Gasteiger partial charge in [-0.05, 0) is 0 Å². The second-order valence-corrected chi connectivity index (χ2v) is 2.23. The van der Waals surface area contributed by atoms with Crippen molar-refractivity contribution in [2.45, 2.75) is 13.2 Å². The van der Waals surface area contributed by atoms with E-state index in [1.54, 1.807) is 7.05 Å². The Balaban J connectivity index is 2.44. The fourth-order valence-electron chi connectivity index (χ4n) is 0.756. The molecular weight excluding hydrogens is 106 g/mol. The van der Waals surface area contributed by atoms with Crippen LogP contribution in [0, 0.1) is 5.92 Å². The smallest absolute Gasteiger partial charge is 0.134 e. The van der Waals surface area contributed by atoms with E-state index in [1.165, 1.54) is 5.06 Å². The summed E-state index contributed by atoms with van der Waals surface area (Å²) in [5.74, 6) is 0.250. The van der Waals surface area contributed by atoms with Crippen LogP contribution in [0.4, 0.5) is 0 Å². The summed E-state index contributed by atoms with van der Waals surface area (Å²) < 4.78 is 0. The summed E-state index contributed by atoms with van der Waals surface area (Å²) in [5, 5.41) is 10.5. The van der Waals surface area contributed by atoms with Crippen LogP contribution in [-0.4, -0.2) is 30.1 Å². The van der Waals surface area contributed by atoms with Crippen LogP contribution in [0.25, 0.3) is 0 Å². The van der Waals surface area contributed by atoms with Crippen molar-refractivity contribution in [2.75, 3.05) is 13.7 Å². The van der Waals surface area contributed by atoms with Crippen LogP contribution in [0.5, 0.6) is 0 Å². The highest BCUT2D eigenvalue weighted by Crippen LogP contribution is 2.15. The molecule has 0 amide bonds. The lowest BCUT2D eigenvalue weighted by Crippen LogP contribution is -2.26. The zero-order chi connectivity index (χ0) is 6.15. The highest BCUT2D eigenvalue weighted by Gasteiger charge is 2.26. The molecule has 8 heavy (non-hydrogen) atoms. The minimum atomic E-state index is -0.407. The van der Waals surface area contributed by atoms with Crippen LogP contribution in [0.1, 0.15) is 6.92 Å². The SMILES string of the molecule is CC1CON(C)C1O. The van der Waals surface area contributed by atoms with Crippen molar-refractivity contribution in [3.8, 4) is 0 Å². The van der Waals surface area contributed by atoms with Gasteiger partial charge in [0.15, 0.2) is 0 Å². The van der Waals surface area contributed by atoms with Crippen LogP contribution in [0.2, 0.25) is 0 Å². The molecule has 1 fully saturated rings. The quantitative estimate of drug-likeness (QED) is 0.477. The predicted molar refractivity (Wildman–Crippen MR) is 28.9 cm³/mol. The number of hydroxylamine groups is 2. The lowest BCUT2D eigenvalue weighted by molar-refractivity contribution is -0.161. The first-order chi connectivity index (χ1) is 3.72. The van der Waals surface area contributed by atoms with Crippen LogP contribution in [-0.2, 0) is 4.84 Å². The van der Waals surface area contributed by atoms with E-state index in [4.69, 9.17) is 9.94 Å². The van der Waals surface area contributed by atoms with Gasteiger partial charge in [0, 0.05) is 13.0 Å². The molecule has 3 nitrogen and oxygen atoms in total. The van der Waals surface area contributed by atoms with Crippen molar-refractivity contribution < 1.29 is 9.94 Å². The molecule has 0 radical (unpaired) electrons. The number of aliphatic hydroxyl groups excluding tert-OH is 1. The zero-order valence-electron chi connectivity index (χ0n) is 5.16. The van der Waals surface area contributed by atoms with Crippen molar-refractivity contribution in [3.05, 3.63) is 0 Å². The van der Waals surface area contributed by atoms with E-state index < -0.39 is 6.23 Å². The van der Waals surface area contributed by atoms with Gasteiger partial charge in [-0.3, -0.25) is 4.84 Å². The number of aliphatic hydroxyl groups is 1. The molecule has 0 aliphatic carbocycles. The van der Waals surface area contributed by atoms with Gasteiger partial charge in [-0.1, -0.05) is 6.92 Å². The number of hydrogen-bond donors (Lipinski definition) is 1. The van der Waals surface area contributed by atoms with E-state index in [0.29, 0.717) is 6.61 Å². The summed E-state index contributed by atoms with van der Waals surface area (Å²) in [6.07, 6.45) is -0.407. The maximum Gasteiger partial charge on any atom is 0.134 e. The Bertz CT molecular complexity index is 76.5. The van der Waals surface area contributed by atoms with E-state index in [-0.39, 0.29) is 5.92 Å². The second-order valence-electron chi connectivity index (χ2n) is 2.23. The van der Waals surface area contributed by atoms with Crippen LogP contribution in [0.3, 0.4) is 0 Å². The number of rotatable bonds is 0. The van der Waals surface area contributed by atoms with E-state index in [2.05, 4.69) is 0 Å². The van der Waals surface area contributed by atoms with E-state index in [0.717, 1.165) is 0 Å². The highest BCUT2D eigenvalue weighted by atomic mass is 16.7. The molecule has 0 spiro atoms. The first-order valence-electron chi connectivity index (χ1n) is 2.75. The fraction of sp³-hybridized carbons (Fsp3) is 1.00. The van der Waals surface area contributed by atoms with Crippen LogP contribution in [0.15, 0.2) is 0 Å². The average Bonchev–Trinajstić information content (AvgIpc) is 1.98. The van der Waals surface area contributed by atoms with Gasteiger partial charge < -0.3 is 5.11 Å². The van der Waals surface area contributed by atoms with E-state index in [1.807, 2.05) is 6.92 Å². The van der Waals surface area contributed by atoms with Gasteiger partial charge in [0.25, 0.3) is 0 Å². The van der Waals surface area contributed by atoms with Gasteiger partial charge in [-0.2, -0.15) is 5.06 Å². The minimum absolute atomic E-state index is 0.250. The van der Waals surface area contributed by atoms with E-state index in [9.17, 15) is 0 Å². The third-order valence-corrected chi connectivity index (χ3v) is 1.42. The van der Waals surface area contributed by atoms with Gasteiger partial charge in [-0.15, -0.1) is 0 Å². The summed E-state index contributed by atoms with van der Waals surface area (Å²) in [7, 11) is 1.73. The predicted octanol–water partition coefficient (Wildman–Crippen LogP) is -0.182. The van der Waals surface area contributed by atoms with E-state index >= 15 is 0 Å². The molecular formula is C5H11NO2. The van der Waals surface area contributed by atoms with Crippen LogP contribution >= 0.6 is 0 Å². The topological polar surface area (TPSA) is 32.7 Å². The Morgan fingerprint density at radius 3 is 2.50 bits per heavy atom. The largest absolute Gasteiger partial charge is 0.376 e. The maximum atomic E-state index is 9.07. The molecule has 3 heteroatoms. The van der Waals surface area contributed by atoms with Gasteiger partial charge in [0.05, 0.1) is 6.61 Å². The van der Waals surface area contributed by atoms with Crippen LogP contribution < -0.4 is 0 Å². The Kier molecular flexibility index (Phi) is 1.51. The first-order valence-corrected chi connectivity index (χ1v) is 2.75. The third kappa shape index (κ3) is 0.844. The van der Waals surface area contributed by atoms with Gasteiger partial charge >= 0.3 is 0 Å². The fourth-order valence-corrected chi connectivity index (χ4v) is 0.756. The summed E-state index contributed by atoms with van der Waals surface area (Å²) >= 11 is 0. The Hall–Kier alpha value is -0.120. The molecule has 1 heterocycles. The Morgan fingerprint density at radius 2 is 2.38 bits per heavy atom. The Morgan fingerprint density at radius 1 is 1.75 bits per heavy atom. The van der Waals surface area contributed by atoms with Gasteiger partial charge in [0.2, 0.25) is 0 Å². The molecule has 48 valence electrons. The minimum Gasteiger partial charge on any atom is -0.376 e. The molecule has 0 aromatic heterocycles. The van der Waals surface area contributed by atoms with Gasteiger partial charge in [-0.25, -0.2) is 0 Å². The van der Waals surface area contributed by atoms with Crippen molar-refractivity contribution in [1.29, 1.82) is 0 Å². The van der Waals surface area contributed by atoms with Crippen molar-refractivity contribution >= 4 is 0 Å². The molecule has 0 aromatic rings. The first kappa shape index (κ1) is 6.01. The molecule has 1 N–H and O–H groups in total. The molecule has 0 saturated carbocycles. The summed E-state index contributed by atoms with van der Waals surface area (Å²) in [5.41, 5.74) is 0. The molecule has 1 rings (SSSR count). The van der Waals surface area contributed by atoms with Crippen molar-refractivity contribution in [1.82, 2.24) is 5.06 Å². The molecule has 1 saturated heterocycles. The molecule has 2 unspecified atom stereocenters. The number of hydrogen-bond acceptors (Lipinski definition) is 3. The standard InChI is InChI=1S/C5H11NO2/c1-4-3-8-6(2)5(4)7/h4-5,7H,3H2,1-2H3. The Labute approximate surface area is 48.8 Å². The van der Waals surface area contributed by atoms with Crippen molar-refractivity contribution in [2.24, 2.45) is 5.92 Å². The molecule has 0 bridgehead atoms. The monoisotopic (exact) mass is 117 g/mol. The second kappa shape index (κ2) is 2.01. The maximum absolute atomic E-state index is 9.07. The average molecular weight is 117 g/mol. The summed E-state index contributed by atoms with van der Waals surface area (Å²) in [6, 6.07) is 0. The lowest BCUT2D eigenvalue weighted by atomic mass is 10.2. The van der Waals surface area contributed by atoms with Gasteiger partial charge in [0.1, 0.15) is 6.23 Å². The molecule has 1 aliphatic heterocycles. The normalized spacial score (nSPS) is 40.9. The zero-order valence-corrected chi connectivity index (χ0v) is 5.16. The van der Waals surface area contributed by atoms with Crippen molar-refractivity contribution in [3.63, 3.8) is 0 Å². The molecule has 0 aromatic carbocycles. The number of nitrogens with zero attached hydrogens (tertiary/aromatic N) is 1. The molecule has 1 aliphatic rings. The molecule has 2 atom stereocenters. The summed E-state index contributed by atoms with van der Waals surface area (Å²) in [4.78, 5) is 4.96. The highest BCUT2D eigenvalue weighted by molar-refractivity contribution is 4.63. The summed E-state index contributed by atoms with van der Waals surface area (Å²) in [6.45, 7) is 2.59. The lowest BCUT2D eigenvalue weighted by Gasteiger charge is -2.12.